The number of benzene rings is 1. The van der Waals surface area contributed by atoms with Crippen molar-refractivity contribution < 1.29 is 14.6 Å². The number of rotatable bonds is 3. The predicted molar refractivity (Wildman–Crippen MR) is 78.3 cm³/mol. The molecular formula is C16H23NO3. The number of ether oxygens (including phenoxy) is 2. The van der Waals surface area contributed by atoms with Crippen molar-refractivity contribution >= 4 is 5.69 Å². The molecule has 4 nitrogen and oxygen atoms in total. The molecule has 20 heavy (non-hydrogen) atoms. The van der Waals surface area contributed by atoms with E-state index in [9.17, 15) is 5.11 Å². The Morgan fingerprint density at radius 1 is 1.40 bits per heavy atom. The van der Waals surface area contributed by atoms with Gasteiger partial charge in [-0.2, -0.15) is 0 Å². The second-order valence-corrected chi connectivity index (χ2v) is 6.43. The van der Waals surface area contributed by atoms with Crippen molar-refractivity contribution in [2.75, 3.05) is 19.0 Å². The monoisotopic (exact) mass is 277 g/mol. The summed E-state index contributed by atoms with van der Waals surface area (Å²) in [6.07, 6.45) is 2.72. The number of hydrogen-bond donors (Lipinski definition) is 2. The SMILES string of the molecule is COc1ccc(NC2C3CCCOC3C2(C)C)cc1O. The maximum Gasteiger partial charge on any atom is 0.160 e. The van der Waals surface area contributed by atoms with Crippen LogP contribution >= 0.6 is 0 Å². The van der Waals surface area contributed by atoms with Crippen LogP contribution in [0.4, 0.5) is 5.69 Å². The fourth-order valence-corrected chi connectivity index (χ4v) is 3.77. The van der Waals surface area contributed by atoms with Gasteiger partial charge in [-0.05, 0) is 25.0 Å². The third-order valence-corrected chi connectivity index (χ3v) is 4.83. The van der Waals surface area contributed by atoms with Crippen LogP contribution in [0, 0.1) is 11.3 Å². The van der Waals surface area contributed by atoms with E-state index in [1.165, 1.54) is 6.42 Å². The van der Waals surface area contributed by atoms with E-state index < -0.39 is 0 Å². The Kier molecular flexibility index (Phi) is 3.28. The van der Waals surface area contributed by atoms with Crippen molar-refractivity contribution in [3.63, 3.8) is 0 Å². The molecule has 110 valence electrons. The van der Waals surface area contributed by atoms with Crippen LogP contribution in [0.2, 0.25) is 0 Å². The Bertz CT molecular complexity index is 500. The largest absolute Gasteiger partial charge is 0.504 e. The first kappa shape index (κ1) is 13.6. The molecule has 4 heteroatoms. The van der Waals surface area contributed by atoms with E-state index in [1.807, 2.05) is 6.07 Å². The number of aromatic hydroxyl groups is 1. The summed E-state index contributed by atoms with van der Waals surface area (Å²) in [6.45, 7) is 5.39. The minimum atomic E-state index is 0.126. The molecule has 0 amide bonds. The first-order valence-electron chi connectivity index (χ1n) is 7.29. The van der Waals surface area contributed by atoms with E-state index in [1.54, 1.807) is 19.2 Å². The van der Waals surface area contributed by atoms with Crippen molar-refractivity contribution in [2.45, 2.75) is 38.8 Å². The first-order chi connectivity index (χ1) is 9.54. The lowest BCUT2D eigenvalue weighted by molar-refractivity contribution is -0.177. The third-order valence-electron chi connectivity index (χ3n) is 4.83. The van der Waals surface area contributed by atoms with Crippen LogP contribution in [0.3, 0.4) is 0 Å². The van der Waals surface area contributed by atoms with Gasteiger partial charge < -0.3 is 19.9 Å². The van der Waals surface area contributed by atoms with Gasteiger partial charge in [-0.3, -0.25) is 0 Å². The summed E-state index contributed by atoms with van der Waals surface area (Å²) in [5.41, 5.74) is 1.06. The Morgan fingerprint density at radius 3 is 2.90 bits per heavy atom. The maximum atomic E-state index is 9.87. The summed E-state index contributed by atoms with van der Waals surface area (Å²) in [7, 11) is 1.56. The molecule has 1 aliphatic carbocycles. The van der Waals surface area contributed by atoms with E-state index in [4.69, 9.17) is 9.47 Å². The normalized spacial score (nSPS) is 31.1. The predicted octanol–water partition coefficient (Wildman–Crippen LogP) is 3.02. The molecule has 3 rings (SSSR count). The standard InChI is InChI=1S/C16H23NO3/c1-16(2)14(11-5-4-8-20-15(11)16)17-10-6-7-13(19-3)12(18)9-10/h6-7,9,11,14-15,17-18H,4-5,8H2,1-3H3. The lowest BCUT2D eigenvalue weighted by atomic mass is 9.55. The van der Waals surface area contributed by atoms with Crippen LogP contribution in [0.5, 0.6) is 11.5 Å². The lowest BCUT2D eigenvalue weighted by Gasteiger charge is -2.60. The Morgan fingerprint density at radius 2 is 2.20 bits per heavy atom. The molecule has 2 fully saturated rings. The molecule has 3 atom stereocenters. The van der Waals surface area contributed by atoms with Gasteiger partial charge in [0.25, 0.3) is 0 Å². The molecule has 0 aromatic heterocycles. The molecule has 1 heterocycles. The smallest absolute Gasteiger partial charge is 0.160 e. The third kappa shape index (κ3) is 2.03. The number of methoxy groups -OCH3 is 1. The summed E-state index contributed by atoms with van der Waals surface area (Å²) >= 11 is 0. The summed E-state index contributed by atoms with van der Waals surface area (Å²) < 4.78 is 11.0. The zero-order valence-corrected chi connectivity index (χ0v) is 12.3. The second kappa shape index (κ2) is 4.85. The highest BCUT2D eigenvalue weighted by atomic mass is 16.5. The van der Waals surface area contributed by atoms with Crippen molar-refractivity contribution in [1.82, 2.24) is 0 Å². The van der Waals surface area contributed by atoms with Gasteiger partial charge in [-0.15, -0.1) is 0 Å². The molecule has 0 bridgehead atoms. The van der Waals surface area contributed by atoms with Crippen LogP contribution in [-0.4, -0.2) is 31.0 Å². The van der Waals surface area contributed by atoms with Gasteiger partial charge in [-0.25, -0.2) is 0 Å². The zero-order valence-electron chi connectivity index (χ0n) is 12.3. The van der Waals surface area contributed by atoms with Crippen molar-refractivity contribution in [2.24, 2.45) is 11.3 Å². The Hall–Kier alpha value is -1.42. The van der Waals surface area contributed by atoms with Crippen LogP contribution in [0.25, 0.3) is 0 Å². The number of hydrogen-bond acceptors (Lipinski definition) is 4. The van der Waals surface area contributed by atoms with Crippen LogP contribution in [-0.2, 0) is 4.74 Å². The fourth-order valence-electron chi connectivity index (χ4n) is 3.77. The molecule has 1 saturated carbocycles. The zero-order chi connectivity index (χ0) is 14.3. The summed E-state index contributed by atoms with van der Waals surface area (Å²) in [4.78, 5) is 0. The van der Waals surface area contributed by atoms with Crippen LogP contribution in [0.1, 0.15) is 26.7 Å². The molecule has 2 N–H and O–H groups in total. The van der Waals surface area contributed by atoms with Crippen molar-refractivity contribution in [3.8, 4) is 11.5 Å². The van der Waals surface area contributed by atoms with E-state index >= 15 is 0 Å². The van der Waals surface area contributed by atoms with E-state index in [2.05, 4.69) is 19.2 Å². The molecule has 1 aromatic rings. The van der Waals surface area contributed by atoms with Gasteiger partial charge in [0.15, 0.2) is 11.5 Å². The molecule has 2 aliphatic rings. The van der Waals surface area contributed by atoms with Gasteiger partial charge >= 0.3 is 0 Å². The van der Waals surface area contributed by atoms with E-state index in [0.717, 1.165) is 18.7 Å². The molecule has 1 aromatic carbocycles. The highest BCUT2D eigenvalue weighted by molar-refractivity contribution is 5.55. The highest BCUT2D eigenvalue weighted by Gasteiger charge is 2.57. The molecule has 3 unspecified atom stereocenters. The van der Waals surface area contributed by atoms with Gasteiger partial charge in [0, 0.05) is 35.7 Å². The van der Waals surface area contributed by atoms with Gasteiger partial charge in [-0.1, -0.05) is 13.8 Å². The molecule has 0 radical (unpaired) electrons. The van der Waals surface area contributed by atoms with E-state index in [0.29, 0.717) is 23.8 Å². The highest BCUT2D eigenvalue weighted by Crippen LogP contribution is 2.52. The summed E-state index contributed by atoms with van der Waals surface area (Å²) in [6, 6.07) is 5.86. The van der Waals surface area contributed by atoms with Crippen LogP contribution in [0.15, 0.2) is 18.2 Å². The summed E-state index contributed by atoms with van der Waals surface area (Å²) in [5.74, 6) is 1.25. The molecule has 1 aliphatic heterocycles. The molecule has 1 saturated heterocycles. The van der Waals surface area contributed by atoms with Gasteiger partial charge in [0.2, 0.25) is 0 Å². The summed E-state index contributed by atoms with van der Waals surface area (Å²) in [5, 5.41) is 13.4. The lowest BCUT2D eigenvalue weighted by Crippen LogP contribution is -2.67. The van der Waals surface area contributed by atoms with Crippen molar-refractivity contribution in [3.05, 3.63) is 18.2 Å². The fraction of sp³-hybridized carbons (Fsp3) is 0.625. The average Bonchev–Trinajstić information content (AvgIpc) is 2.45. The Labute approximate surface area is 120 Å². The number of phenols is 1. The Balaban J connectivity index is 1.75. The van der Waals surface area contributed by atoms with Crippen LogP contribution < -0.4 is 10.1 Å². The van der Waals surface area contributed by atoms with Crippen molar-refractivity contribution in [1.29, 1.82) is 0 Å². The van der Waals surface area contributed by atoms with Gasteiger partial charge in [0.05, 0.1) is 13.2 Å². The number of fused-ring (bicyclic) bond motifs is 1. The molecule has 0 spiro atoms. The quantitative estimate of drug-likeness (QED) is 0.891. The maximum absolute atomic E-state index is 9.87. The number of phenolic OH excluding ortho intramolecular Hbond substituents is 1. The topological polar surface area (TPSA) is 50.7 Å². The van der Waals surface area contributed by atoms with E-state index in [-0.39, 0.29) is 11.2 Å². The number of nitrogens with one attached hydrogen (secondary N) is 1. The average molecular weight is 277 g/mol. The van der Waals surface area contributed by atoms with Gasteiger partial charge in [0.1, 0.15) is 0 Å². The second-order valence-electron chi connectivity index (χ2n) is 6.43. The number of anilines is 1. The first-order valence-corrected chi connectivity index (χ1v) is 7.29. The molecular weight excluding hydrogens is 254 g/mol. The minimum absolute atomic E-state index is 0.126. The minimum Gasteiger partial charge on any atom is -0.504 e.